The van der Waals surface area contributed by atoms with Gasteiger partial charge in [0.15, 0.2) is 0 Å². The van der Waals surface area contributed by atoms with Crippen molar-refractivity contribution in [2.24, 2.45) is 7.05 Å². The third-order valence-electron chi connectivity index (χ3n) is 8.27. The highest BCUT2D eigenvalue weighted by molar-refractivity contribution is 5.86. The molecular weight excluding hydrogens is 540 g/mol. The van der Waals surface area contributed by atoms with E-state index in [9.17, 15) is 4.79 Å². The summed E-state index contributed by atoms with van der Waals surface area (Å²) in [7, 11) is 2.08. The fraction of sp³-hybridized carbons (Fsp3) is 0.175. The van der Waals surface area contributed by atoms with E-state index in [2.05, 4.69) is 103 Å². The molecule has 0 radical (unpaired) electrons. The van der Waals surface area contributed by atoms with Gasteiger partial charge in [-0.25, -0.2) is 0 Å². The Labute approximate surface area is 260 Å². The summed E-state index contributed by atoms with van der Waals surface area (Å²) in [5, 5.41) is 1.17. The zero-order valence-corrected chi connectivity index (χ0v) is 25.2. The third-order valence-corrected chi connectivity index (χ3v) is 8.27. The van der Waals surface area contributed by atoms with Crippen molar-refractivity contribution in [1.29, 1.82) is 0 Å². The van der Waals surface area contributed by atoms with E-state index in [1.165, 1.54) is 10.9 Å². The molecule has 0 aliphatic heterocycles. The van der Waals surface area contributed by atoms with Gasteiger partial charge in [0.2, 0.25) is 5.91 Å². The van der Waals surface area contributed by atoms with E-state index in [0.29, 0.717) is 26.1 Å². The molecule has 1 aromatic heterocycles. The lowest BCUT2D eigenvalue weighted by Crippen LogP contribution is -2.33. The molecule has 0 bridgehead atoms. The average molecular weight is 579 g/mol. The molecule has 5 aromatic carbocycles. The molecule has 0 spiro atoms. The van der Waals surface area contributed by atoms with Gasteiger partial charge >= 0.3 is 0 Å². The van der Waals surface area contributed by atoms with Crippen LogP contribution in [0.25, 0.3) is 10.9 Å². The summed E-state index contributed by atoms with van der Waals surface area (Å²) in [5.41, 5.74) is 6.86. The number of hydrogen-bond acceptors (Lipinski definition) is 2. The van der Waals surface area contributed by atoms with Crippen LogP contribution in [-0.2, 0) is 31.4 Å². The molecule has 220 valence electrons. The second-order valence-corrected chi connectivity index (χ2v) is 11.4. The van der Waals surface area contributed by atoms with Crippen LogP contribution in [0.4, 0.5) is 0 Å². The SMILES string of the molecule is Cn1cc([C@H](CC(=O)N(CCc2ccccc2)Cc2ccccc2)c2cccc(OCc3ccccc3)c2)c2ccccc21. The van der Waals surface area contributed by atoms with Crippen molar-refractivity contribution in [3.8, 4) is 5.75 Å². The first-order valence-electron chi connectivity index (χ1n) is 15.3. The number of para-hydroxylation sites is 1. The number of aromatic nitrogens is 1. The quantitative estimate of drug-likeness (QED) is 0.146. The standard InChI is InChI=1S/C40H38N2O2/c1-41-29-38(36-22-11-12-23-39(36)41)37(34-20-13-21-35(26-34)44-30-33-18-9-4-10-19-33)27-40(43)42(28-32-16-7-3-8-17-32)25-24-31-14-5-2-6-15-31/h2-23,26,29,37H,24-25,27-28,30H2,1H3/t37-/m1/s1. The molecule has 0 fully saturated rings. The molecule has 0 unspecified atom stereocenters. The number of fused-ring (bicyclic) bond motifs is 1. The Bertz CT molecular complexity index is 1800. The van der Waals surface area contributed by atoms with E-state index in [-0.39, 0.29) is 11.8 Å². The van der Waals surface area contributed by atoms with Crippen molar-refractivity contribution < 1.29 is 9.53 Å². The van der Waals surface area contributed by atoms with E-state index in [1.54, 1.807) is 0 Å². The molecule has 1 atom stereocenters. The summed E-state index contributed by atoms with van der Waals surface area (Å²) in [5.74, 6) is 0.802. The molecule has 0 aliphatic carbocycles. The van der Waals surface area contributed by atoms with Crippen LogP contribution in [0.15, 0.2) is 146 Å². The smallest absolute Gasteiger partial charge is 0.223 e. The van der Waals surface area contributed by atoms with Gasteiger partial charge in [-0.3, -0.25) is 4.79 Å². The fourth-order valence-corrected chi connectivity index (χ4v) is 5.93. The highest BCUT2D eigenvalue weighted by Gasteiger charge is 2.25. The van der Waals surface area contributed by atoms with Gasteiger partial charge in [0, 0.05) is 49.6 Å². The van der Waals surface area contributed by atoms with Gasteiger partial charge in [-0.2, -0.15) is 0 Å². The number of benzene rings is 5. The highest BCUT2D eigenvalue weighted by Crippen LogP contribution is 2.36. The number of nitrogens with zero attached hydrogens (tertiary/aromatic N) is 2. The number of hydrogen-bond donors (Lipinski definition) is 0. The van der Waals surface area contributed by atoms with E-state index in [1.807, 2.05) is 59.5 Å². The number of rotatable bonds is 12. The van der Waals surface area contributed by atoms with Crippen molar-refractivity contribution in [2.75, 3.05) is 6.54 Å². The number of carbonyl (C=O) groups excluding carboxylic acids is 1. The number of aryl methyl sites for hydroxylation is 1. The molecule has 4 heteroatoms. The first-order valence-corrected chi connectivity index (χ1v) is 15.3. The number of ether oxygens (including phenoxy) is 1. The lowest BCUT2D eigenvalue weighted by atomic mass is 9.87. The van der Waals surface area contributed by atoms with Gasteiger partial charge in [-0.05, 0) is 52.4 Å². The first kappa shape index (κ1) is 29.0. The zero-order chi connectivity index (χ0) is 30.1. The van der Waals surface area contributed by atoms with Crippen LogP contribution < -0.4 is 4.74 Å². The van der Waals surface area contributed by atoms with Gasteiger partial charge in [0.05, 0.1) is 0 Å². The predicted octanol–water partition coefficient (Wildman–Crippen LogP) is 8.55. The van der Waals surface area contributed by atoms with Crippen molar-refractivity contribution >= 4 is 16.8 Å². The molecule has 1 heterocycles. The van der Waals surface area contributed by atoms with Crippen LogP contribution in [0.1, 0.15) is 40.2 Å². The lowest BCUT2D eigenvalue weighted by Gasteiger charge is -2.26. The van der Waals surface area contributed by atoms with Gasteiger partial charge in [0.25, 0.3) is 0 Å². The Kier molecular flexibility index (Phi) is 9.18. The van der Waals surface area contributed by atoms with Crippen molar-refractivity contribution in [2.45, 2.75) is 31.9 Å². The summed E-state index contributed by atoms with van der Waals surface area (Å²) in [4.78, 5) is 16.4. The zero-order valence-electron chi connectivity index (χ0n) is 25.2. The first-order chi connectivity index (χ1) is 21.6. The van der Waals surface area contributed by atoms with Crippen LogP contribution in [0, 0.1) is 0 Å². The molecular formula is C40H38N2O2. The van der Waals surface area contributed by atoms with E-state index in [0.717, 1.165) is 39.9 Å². The van der Waals surface area contributed by atoms with Crippen molar-refractivity contribution in [3.63, 3.8) is 0 Å². The summed E-state index contributed by atoms with van der Waals surface area (Å²) in [6.07, 6.45) is 3.35. The lowest BCUT2D eigenvalue weighted by molar-refractivity contribution is -0.132. The minimum absolute atomic E-state index is 0.135. The summed E-state index contributed by atoms with van der Waals surface area (Å²) in [6.45, 7) is 1.72. The monoisotopic (exact) mass is 578 g/mol. The molecule has 6 rings (SSSR count). The Balaban J connectivity index is 1.32. The maximum absolute atomic E-state index is 14.4. The Morgan fingerprint density at radius 3 is 2.09 bits per heavy atom. The van der Waals surface area contributed by atoms with Gasteiger partial charge in [-0.15, -0.1) is 0 Å². The molecule has 4 nitrogen and oxygen atoms in total. The minimum atomic E-state index is -0.135. The van der Waals surface area contributed by atoms with Crippen LogP contribution in [0.3, 0.4) is 0 Å². The van der Waals surface area contributed by atoms with E-state index in [4.69, 9.17) is 4.74 Å². The Hall–Kier alpha value is -5.09. The molecule has 0 saturated carbocycles. The van der Waals surface area contributed by atoms with Crippen molar-refractivity contribution in [1.82, 2.24) is 9.47 Å². The van der Waals surface area contributed by atoms with Crippen LogP contribution in [-0.4, -0.2) is 21.9 Å². The second kappa shape index (κ2) is 13.9. The fourth-order valence-electron chi connectivity index (χ4n) is 5.93. The summed E-state index contributed by atoms with van der Waals surface area (Å²) >= 11 is 0. The summed E-state index contributed by atoms with van der Waals surface area (Å²) in [6, 6.07) is 47.6. The number of carbonyl (C=O) groups is 1. The van der Waals surface area contributed by atoms with Crippen LogP contribution in [0.2, 0.25) is 0 Å². The summed E-state index contributed by atoms with van der Waals surface area (Å²) < 4.78 is 8.39. The topological polar surface area (TPSA) is 34.5 Å². The molecule has 0 saturated heterocycles. The van der Waals surface area contributed by atoms with Crippen LogP contribution in [0.5, 0.6) is 5.75 Å². The van der Waals surface area contributed by atoms with E-state index >= 15 is 0 Å². The maximum atomic E-state index is 14.4. The average Bonchev–Trinajstić information content (AvgIpc) is 3.41. The van der Waals surface area contributed by atoms with Gasteiger partial charge in [-0.1, -0.05) is 121 Å². The van der Waals surface area contributed by atoms with Gasteiger partial charge in [0.1, 0.15) is 12.4 Å². The molecule has 6 aromatic rings. The Morgan fingerprint density at radius 1 is 0.727 bits per heavy atom. The predicted molar refractivity (Wildman–Crippen MR) is 179 cm³/mol. The number of amides is 1. The highest BCUT2D eigenvalue weighted by atomic mass is 16.5. The normalized spacial score (nSPS) is 11.8. The maximum Gasteiger partial charge on any atom is 0.223 e. The van der Waals surface area contributed by atoms with E-state index < -0.39 is 0 Å². The molecule has 0 N–H and O–H groups in total. The van der Waals surface area contributed by atoms with Crippen LogP contribution >= 0.6 is 0 Å². The molecule has 44 heavy (non-hydrogen) atoms. The molecule has 0 aliphatic rings. The van der Waals surface area contributed by atoms with Crippen molar-refractivity contribution in [3.05, 3.63) is 174 Å². The minimum Gasteiger partial charge on any atom is -0.489 e. The van der Waals surface area contributed by atoms with Gasteiger partial charge < -0.3 is 14.2 Å². The largest absolute Gasteiger partial charge is 0.489 e. The second-order valence-electron chi connectivity index (χ2n) is 11.4. The third kappa shape index (κ3) is 7.09. The molecule has 1 amide bonds. The Morgan fingerprint density at radius 2 is 1.36 bits per heavy atom.